The van der Waals surface area contributed by atoms with Gasteiger partial charge in [0.25, 0.3) is 5.91 Å². The van der Waals surface area contributed by atoms with Gasteiger partial charge < -0.3 is 5.32 Å². The van der Waals surface area contributed by atoms with E-state index in [1.807, 2.05) is 0 Å². The maximum atomic E-state index is 13.6. The van der Waals surface area contributed by atoms with Crippen LogP contribution in [0.15, 0.2) is 64.9 Å². The second-order valence-corrected chi connectivity index (χ2v) is 9.29. The van der Waals surface area contributed by atoms with Crippen LogP contribution in [0.5, 0.6) is 0 Å². The van der Waals surface area contributed by atoms with Crippen LogP contribution in [0.2, 0.25) is 0 Å². The molecule has 0 saturated heterocycles. The van der Waals surface area contributed by atoms with Gasteiger partial charge in [-0.15, -0.1) is 11.3 Å². The molecule has 0 fully saturated rings. The van der Waals surface area contributed by atoms with E-state index in [2.05, 4.69) is 5.32 Å². The van der Waals surface area contributed by atoms with E-state index in [1.54, 1.807) is 17.5 Å². The number of carbonyl (C=O) groups excluding carboxylic acids is 1. The van der Waals surface area contributed by atoms with Crippen molar-refractivity contribution in [3.8, 4) is 0 Å². The van der Waals surface area contributed by atoms with Crippen molar-refractivity contribution < 1.29 is 22.0 Å². The van der Waals surface area contributed by atoms with Gasteiger partial charge in [-0.05, 0) is 60.3 Å². The van der Waals surface area contributed by atoms with Gasteiger partial charge in [0.2, 0.25) is 0 Å². The van der Waals surface area contributed by atoms with Crippen LogP contribution in [-0.4, -0.2) is 20.9 Å². The Bertz CT molecular complexity index is 1100. The zero-order valence-electron chi connectivity index (χ0n) is 14.9. The standard InChI is InChI=1S/C20H17F2NO3S2/c1-13-10-16(7-8-17(13)22)28(25,26)19(18-6-3-9-27-18)12-23-20(24)14-4-2-5-15(21)11-14/h2-11,19H,12H2,1H3,(H,23,24). The van der Waals surface area contributed by atoms with Crippen molar-refractivity contribution in [1.82, 2.24) is 5.32 Å². The van der Waals surface area contributed by atoms with E-state index in [1.165, 1.54) is 48.6 Å². The van der Waals surface area contributed by atoms with E-state index < -0.39 is 32.6 Å². The molecular formula is C20H17F2NO3S2. The SMILES string of the molecule is Cc1cc(S(=O)(=O)C(CNC(=O)c2cccc(F)c2)c2cccs2)ccc1F. The minimum Gasteiger partial charge on any atom is -0.350 e. The molecule has 1 aromatic heterocycles. The number of halogens is 2. The number of hydrogen-bond donors (Lipinski definition) is 1. The molecule has 0 aliphatic rings. The van der Waals surface area contributed by atoms with E-state index in [9.17, 15) is 22.0 Å². The summed E-state index contributed by atoms with van der Waals surface area (Å²) < 4.78 is 53.2. The number of carbonyl (C=O) groups is 1. The van der Waals surface area contributed by atoms with Crippen molar-refractivity contribution in [2.24, 2.45) is 0 Å². The molecule has 4 nitrogen and oxygen atoms in total. The molecular weight excluding hydrogens is 404 g/mol. The molecule has 0 radical (unpaired) electrons. The third kappa shape index (κ3) is 4.28. The van der Waals surface area contributed by atoms with E-state index >= 15 is 0 Å². The van der Waals surface area contributed by atoms with Gasteiger partial charge in [-0.1, -0.05) is 12.1 Å². The molecule has 1 unspecified atom stereocenters. The van der Waals surface area contributed by atoms with Gasteiger partial charge in [0.15, 0.2) is 9.84 Å². The van der Waals surface area contributed by atoms with Crippen LogP contribution in [0.25, 0.3) is 0 Å². The summed E-state index contributed by atoms with van der Waals surface area (Å²) in [6.07, 6.45) is 0. The molecule has 1 N–H and O–H groups in total. The number of sulfone groups is 1. The second kappa shape index (κ2) is 8.20. The third-order valence-corrected chi connectivity index (χ3v) is 7.44. The number of thiophene rings is 1. The van der Waals surface area contributed by atoms with Crippen molar-refractivity contribution in [1.29, 1.82) is 0 Å². The normalized spacial score (nSPS) is 12.5. The summed E-state index contributed by atoms with van der Waals surface area (Å²) >= 11 is 1.25. The van der Waals surface area contributed by atoms with Gasteiger partial charge in [-0.3, -0.25) is 4.79 Å². The van der Waals surface area contributed by atoms with Gasteiger partial charge in [0.05, 0.1) is 4.90 Å². The van der Waals surface area contributed by atoms with Crippen molar-refractivity contribution in [2.45, 2.75) is 17.1 Å². The first-order valence-electron chi connectivity index (χ1n) is 8.36. The van der Waals surface area contributed by atoms with Gasteiger partial charge >= 0.3 is 0 Å². The van der Waals surface area contributed by atoms with Crippen molar-refractivity contribution >= 4 is 27.1 Å². The van der Waals surface area contributed by atoms with Crippen LogP contribution >= 0.6 is 11.3 Å². The highest BCUT2D eigenvalue weighted by atomic mass is 32.2. The lowest BCUT2D eigenvalue weighted by Gasteiger charge is -2.18. The van der Waals surface area contributed by atoms with Crippen LogP contribution < -0.4 is 5.32 Å². The molecule has 0 saturated carbocycles. The number of nitrogens with one attached hydrogen (secondary N) is 1. The summed E-state index contributed by atoms with van der Waals surface area (Å²) in [5.41, 5.74) is 0.315. The highest BCUT2D eigenvalue weighted by Crippen LogP contribution is 2.32. The fraction of sp³-hybridized carbons (Fsp3) is 0.150. The van der Waals surface area contributed by atoms with Gasteiger partial charge in [0.1, 0.15) is 16.9 Å². The average molecular weight is 421 g/mol. The molecule has 28 heavy (non-hydrogen) atoms. The van der Waals surface area contributed by atoms with E-state index in [-0.39, 0.29) is 22.6 Å². The van der Waals surface area contributed by atoms with Crippen molar-refractivity contribution in [2.75, 3.05) is 6.54 Å². The van der Waals surface area contributed by atoms with Crippen molar-refractivity contribution in [3.63, 3.8) is 0 Å². The molecule has 8 heteroatoms. The highest BCUT2D eigenvalue weighted by Gasteiger charge is 2.31. The molecule has 3 rings (SSSR count). The van der Waals surface area contributed by atoms with Crippen LogP contribution in [0.4, 0.5) is 8.78 Å². The lowest BCUT2D eigenvalue weighted by Crippen LogP contribution is -2.31. The van der Waals surface area contributed by atoms with Gasteiger partial charge in [-0.25, -0.2) is 17.2 Å². The minimum absolute atomic E-state index is 0.0233. The molecule has 146 valence electrons. The zero-order valence-corrected chi connectivity index (χ0v) is 16.5. The Kier molecular flexibility index (Phi) is 5.90. The van der Waals surface area contributed by atoms with Crippen LogP contribution in [0, 0.1) is 18.6 Å². The lowest BCUT2D eigenvalue weighted by atomic mass is 10.2. The fourth-order valence-electron chi connectivity index (χ4n) is 2.71. The Labute approximate surface area is 165 Å². The zero-order chi connectivity index (χ0) is 20.3. The average Bonchev–Trinajstić information content (AvgIpc) is 3.18. The Morgan fingerprint density at radius 2 is 1.89 bits per heavy atom. The number of aryl methyl sites for hydroxylation is 1. The number of rotatable bonds is 6. The van der Waals surface area contributed by atoms with E-state index in [4.69, 9.17) is 0 Å². The predicted octanol–water partition coefficient (Wildman–Crippen LogP) is 4.28. The smallest absolute Gasteiger partial charge is 0.251 e. The maximum absolute atomic E-state index is 13.6. The summed E-state index contributed by atoms with van der Waals surface area (Å²) in [4.78, 5) is 12.8. The Morgan fingerprint density at radius 1 is 1.11 bits per heavy atom. The minimum atomic E-state index is -3.89. The van der Waals surface area contributed by atoms with Crippen molar-refractivity contribution in [3.05, 3.63) is 87.6 Å². The monoisotopic (exact) mass is 421 g/mol. The number of hydrogen-bond acceptors (Lipinski definition) is 4. The highest BCUT2D eigenvalue weighted by molar-refractivity contribution is 7.91. The van der Waals surface area contributed by atoms with Gasteiger partial charge in [-0.2, -0.15) is 0 Å². The first kappa shape index (κ1) is 20.2. The molecule has 2 aromatic carbocycles. The Hall–Kier alpha value is -2.58. The quantitative estimate of drug-likeness (QED) is 0.605. The molecule has 0 bridgehead atoms. The topological polar surface area (TPSA) is 63.2 Å². The number of amides is 1. The Morgan fingerprint density at radius 3 is 2.54 bits per heavy atom. The second-order valence-electron chi connectivity index (χ2n) is 6.18. The third-order valence-electron chi connectivity index (χ3n) is 4.23. The summed E-state index contributed by atoms with van der Waals surface area (Å²) in [6.45, 7) is 1.29. The van der Waals surface area contributed by atoms with E-state index in [0.717, 1.165) is 12.1 Å². The summed E-state index contributed by atoms with van der Waals surface area (Å²) in [7, 11) is -3.89. The molecule has 1 heterocycles. The number of benzene rings is 2. The molecule has 1 atom stereocenters. The van der Waals surface area contributed by atoms with Crippen LogP contribution in [-0.2, 0) is 9.84 Å². The summed E-state index contributed by atoms with van der Waals surface area (Å²) in [5.74, 6) is -1.63. The molecule has 0 aliphatic carbocycles. The van der Waals surface area contributed by atoms with Crippen LogP contribution in [0.3, 0.4) is 0 Å². The maximum Gasteiger partial charge on any atom is 0.251 e. The summed E-state index contributed by atoms with van der Waals surface area (Å²) in [6, 6.07) is 12.1. The molecule has 3 aromatic rings. The fourth-order valence-corrected chi connectivity index (χ4v) is 5.58. The lowest BCUT2D eigenvalue weighted by molar-refractivity contribution is 0.0953. The molecule has 0 aliphatic heterocycles. The molecule has 1 amide bonds. The van der Waals surface area contributed by atoms with E-state index in [0.29, 0.717) is 4.88 Å². The van der Waals surface area contributed by atoms with Crippen LogP contribution in [0.1, 0.15) is 26.0 Å². The first-order valence-corrected chi connectivity index (χ1v) is 10.8. The Balaban J connectivity index is 1.89. The summed E-state index contributed by atoms with van der Waals surface area (Å²) in [5, 5.41) is 3.26. The largest absolute Gasteiger partial charge is 0.350 e. The predicted molar refractivity (Wildman–Crippen MR) is 104 cm³/mol. The van der Waals surface area contributed by atoms with Gasteiger partial charge in [0, 0.05) is 17.0 Å². The molecule has 0 spiro atoms. The first-order chi connectivity index (χ1) is 13.3.